The molecule has 0 fully saturated rings. The first-order valence-electron chi connectivity index (χ1n) is 6.70. The lowest BCUT2D eigenvalue weighted by Gasteiger charge is -2.07. The van der Waals surface area contributed by atoms with Gasteiger partial charge in [-0.2, -0.15) is 5.10 Å². The molecule has 0 saturated carbocycles. The molecule has 0 bridgehead atoms. The highest BCUT2D eigenvalue weighted by atomic mass is 19.1. The Bertz CT molecular complexity index is 840. The lowest BCUT2D eigenvalue weighted by atomic mass is 10.1. The summed E-state index contributed by atoms with van der Waals surface area (Å²) < 4.78 is 27.2. The van der Waals surface area contributed by atoms with Crippen LogP contribution < -0.4 is 5.56 Å². The number of hydrogen-bond acceptors (Lipinski definition) is 2. The van der Waals surface area contributed by atoms with Gasteiger partial charge in [-0.15, -0.1) is 0 Å². The van der Waals surface area contributed by atoms with Crippen molar-refractivity contribution in [3.8, 4) is 11.3 Å². The number of nitrogens with zero attached hydrogens (tertiary/aromatic N) is 2. The highest BCUT2D eigenvalue weighted by molar-refractivity contribution is 5.57. The minimum absolute atomic E-state index is 0.244. The molecule has 1 aromatic heterocycles. The highest BCUT2D eigenvalue weighted by Gasteiger charge is 2.05. The van der Waals surface area contributed by atoms with E-state index in [-0.39, 0.29) is 23.7 Å². The normalized spacial score (nSPS) is 10.6. The molecule has 5 heteroatoms. The molecular weight excluding hydrogens is 286 g/mol. The van der Waals surface area contributed by atoms with Gasteiger partial charge in [0.25, 0.3) is 5.56 Å². The van der Waals surface area contributed by atoms with Crippen molar-refractivity contribution >= 4 is 0 Å². The average molecular weight is 298 g/mol. The average Bonchev–Trinajstić information content (AvgIpc) is 2.52. The van der Waals surface area contributed by atoms with Gasteiger partial charge in [0.1, 0.15) is 11.6 Å². The van der Waals surface area contributed by atoms with Gasteiger partial charge in [0.2, 0.25) is 0 Å². The minimum Gasteiger partial charge on any atom is -0.268 e. The van der Waals surface area contributed by atoms with Gasteiger partial charge in [0.15, 0.2) is 0 Å². The summed E-state index contributed by atoms with van der Waals surface area (Å²) in [5.74, 6) is -0.660. The van der Waals surface area contributed by atoms with Gasteiger partial charge in [-0.3, -0.25) is 4.79 Å². The molecule has 0 saturated heterocycles. The lowest BCUT2D eigenvalue weighted by Crippen LogP contribution is -2.22. The van der Waals surface area contributed by atoms with E-state index in [1.807, 2.05) is 0 Å². The van der Waals surface area contributed by atoms with E-state index in [0.29, 0.717) is 11.3 Å². The SMILES string of the molecule is O=c1ccc(-c2ccc(F)cc2)nn1Cc1ccc(F)cc1. The van der Waals surface area contributed by atoms with E-state index >= 15 is 0 Å². The Balaban J connectivity index is 1.94. The third-order valence-electron chi connectivity index (χ3n) is 3.25. The van der Waals surface area contributed by atoms with Crippen LogP contribution in [0.5, 0.6) is 0 Å². The Hall–Kier alpha value is -2.82. The zero-order valence-electron chi connectivity index (χ0n) is 11.5. The van der Waals surface area contributed by atoms with Gasteiger partial charge in [-0.25, -0.2) is 13.5 Å². The van der Waals surface area contributed by atoms with E-state index in [4.69, 9.17) is 0 Å². The zero-order chi connectivity index (χ0) is 15.5. The summed E-state index contributed by atoms with van der Waals surface area (Å²) in [4.78, 5) is 11.9. The molecule has 0 aliphatic carbocycles. The van der Waals surface area contributed by atoms with Crippen LogP contribution in [0.3, 0.4) is 0 Å². The van der Waals surface area contributed by atoms with Crippen LogP contribution >= 0.6 is 0 Å². The zero-order valence-corrected chi connectivity index (χ0v) is 11.5. The molecule has 0 aliphatic heterocycles. The molecule has 3 nitrogen and oxygen atoms in total. The molecule has 22 heavy (non-hydrogen) atoms. The fourth-order valence-corrected chi connectivity index (χ4v) is 2.10. The predicted octanol–water partition coefficient (Wildman–Crippen LogP) is 3.24. The summed E-state index contributed by atoms with van der Waals surface area (Å²) in [6.07, 6.45) is 0. The van der Waals surface area contributed by atoms with E-state index in [1.54, 1.807) is 30.3 Å². The molecule has 110 valence electrons. The van der Waals surface area contributed by atoms with Gasteiger partial charge in [-0.1, -0.05) is 12.1 Å². The molecule has 0 aliphatic rings. The Morgan fingerprint density at radius 2 is 1.41 bits per heavy atom. The largest absolute Gasteiger partial charge is 0.268 e. The molecule has 0 spiro atoms. The Labute approximate surface area is 125 Å². The predicted molar refractivity (Wildman–Crippen MR) is 79.4 cm³/mol. The highest BCUT2D eigenvalue weighted by Crippen LogP contribution is 2.15. The maximum Gasteiger partial charge on any atom is 0.267 e. The van der Waals surface area contributed by atoms with E-state index < -0.39 is 0 Å². The van der Waals surface area contributed by atoms with Crippen LogP contribution in [0, 0.1) is 11.6 Å². The van der Waals surface area contributed by atoms with Crippen LogP contribution in [0.4, 0.5) is 8.78 Å². The summed E-state index contributed by atoms with van der Waals surface area (Å²) in [6, 6.07) is 14.8. The second-order valence-electron chi connectivity index (χ2n) is 4.85. The monoisotopic (exact) mass is 298 g/mol. The van der Waals surface area contributed by atoms with Crippen molar-refractivity contribution in [1.82, 2.24) is 9.78 Å². The first kappa shape index (κ1) is 14.1. The molecule has 3 aromatic rings. The van der Waals surface area contributed by atoms with Gasteiger partial charge >= 0.3 is 0 Å². The van der Waals surface area contributed by atoms with Crippen molar-refractivity contribution in [2.75, 3.05) is 0 Å². The van der Waals surface area contributed by atoms with Crippen molar-refractivity contribution in [1.29, 1.82) is 0 Å². The third kappa shape index (κ3) is 3.09. The smallest absolute Gasteiger partial charge is 0.267 e. The minimum atomic E-state index is -0.330. The fourth-order valence-electron chi connectivity index (χ4n) is 2.10. The quantitative estimate of drug-likeness (QED) is 0.744. The molecule has 0 radical (unpaired) electrons. The summed E-state index contributed by atoms with van der Waals surface area (Å²) in [5, 5.41) is 4.28. The number of aromatic nitrogens is 2. The van der Waals surface area contributed by atoms with Crippen LogP contribution in [0.25, 0.3) is 11.3 Å². The van der Waals surface area contributed by atoms with Gasteiger partial charge < -0.3 is 0 Å². The Kier molecular flexibility index (Phi) is 3.78. The molecule has 2 aromatic carbocycles. The second-order valence-corrected chi connectivity index (χ2v) is 4.85. The summed E-state index contributed by atoms with van der Waals surface area (Å²) >= 11 is 0. The lowest BCUT2D eigenvalue weighted by molar-refractivity contribution is 0.619. The number of benzene rings is 2. The van der Waals surface area contributed by atoms with Crippen molar-refractivity contribution in [3.63, 3.8) is 0 Å². The fraction of sp³-hybridized carbons (Fsp3) is 0.0588. The molecular formula is C17H12F2N2O. The van der Waals surface area contributed by atoms with Crippen molar-refractivity contribution in [2.24, 2.45) is 0 Å². The third-order valence-corrected chi connectivity index (χ3v) is 3.25. The van der Waals surface area contributed by atoms with Crippen molar-refractivity contribution < 1.29 is 8.78 Å². The topological polar surface area (TPSA) is 34.9 Å². The summed E-state index contributed by atoms with van der Waals surface area (Å²) in [7, 11) is 0. The molecule has 0 atom stereocenters. The molecule has 1 heterocycles. The maximum absolute atomic E-state index is 13.0. The Morgan fingerprint density at radius 1 is 0.818 bits per heavy atom. The first-order chi connectivity index (χ1) is 10.6. The first-order valence-corrected chi connectivity index (χ1v) is 6.70. The van der Waals surface area contributed by atoms with Crippen molar-refractivity contribution in [3.05, 3.63) is 88.2 Å². The van der Waals surface area contributed by atoms with Crippen LogP contribution in [-0.2, 0) is 6.54 Å². The molecule has 3 rings (SSSR count). The summed E-state index contributed by atoms with van der Waals surface area (Å²) in [6.45, 7) is 0.244. The summed E-state index contributed by atoms with van der Waals surface area (Å²) in [5.41, 5.74) is 1.80. The van der Waals surface area contributed by atoms with Crippen LogP contribution in [0.15, 0.2) is 65.5 Å². The van der Waals surface area contributed by atoms with E-state index in [1.165, 1.54) is 35.0 Å². The number of rotatable bonds is 3. The standard InChI is InChI=1S/C17H12F2N2O/c18-14-5-1-12(2-6-14)11-21-17(22)10-9-16(20-21)13-3-7-15(19)8-4-13/h1-10H,11H2. The number of hydrogen-bond donors (Lipinski definition) is 0. The van der Waals surface area contributed by atoms with E-state index in [0.717, 1.165) is 5.56 Å². The number of halogens is 2. The maximum atomic E-state index is 13.0. The van der Waals surface area contributed by atoms with E-state index in [2.05, 4.69) is 5.10 Å². The van der Waals surface area contributed by atoms with E-state index in [9.17, 15) is 13.6 Å². The second kappa shape index (κ2) is 5.89. The Morgan fingerprint density at radius 3 is 2.05 bits per heavy atom. The van der Waals surface area contributed by atoms with Gasteiger partial charge in [0.05, 0.1) is 12.2 Å². The van der Waals surface area contributed by atoms with Gasteiger partial charge in [0, 0.05) is 11.6 Å². The van der Waals surface area contributed by atoms with Crippen LogP contribution in [0.2, 0.25) is 0 Å². The van der Waals surface area contributed by atoms with Crippen molar-refractivity contribution in [2.45, 2.75) is 6.54 Å². The molecule has 0 amide bonds. The molecule has 0 N–H and O–H groups in total. The molecule has 0 unspecified atom stereocenters. The van der Waals surface area contributed by atoms with Gasteiger partial charge in [-0.05, 0) is 48.0 Å². The van der Waals surface area contributed by atoms with Crippen LogP contribution in [0.1, 0.15) is 5.56 Å². The van der Waals surface area contributed by atoms with Crippen LogP contribution in [-0.4, -0.2) is 9.78 Å².